The van der Waals surface area contributed by atoms with Crippen molar-refractivity contribution in [1.29, 1.82) is 0 Å². The minimum atomic E-state index is -3.42. The van der Waals surface area contributed by atoms with Crippen molar-refractivity contribution < 1.29 is 18.3 Å². The molecular formula is C10H19NO4S. The van der Waals surface area contributed by atoms with Gasteiger partial charge >= 0.3 is 5.97 Å². The van der Waals surface area contributed by atoms with E-state index in [0.717, 1.165) is 12.8 Å². The molecule has 1 N–H and O–H groups in total. The molecule has 0 aromatic heterocycles. The summed E-state index contributed by atoms with van der Waals surface area (Å²) in [4.78, 5) is 11.0. The van der Waals surface area contributed by atoms with Crippen molar-refractivity contribution in [2.24, 2.45) is 5.92 Å². The van der Waals surface area contributed by atoms with Crippen LogP contribution in [0.1, 0.15) is 33.1 Å². The third-order valence-electron chi connectivity index (χ3n) is 2.64. The molecule has 0 aromatic carbocycles. The average molecular weight is 249 g/mol. The number of carbonyl (C=O) groups is 1. The predicted molar refractivity (Wildman–Crippen MR) is 60.6 cm³/mol. The quantitative estimate of drug-likeness (QED) is 0.803. The lowest BCUT2D eigenvalue weighted by Gasteiger charge is -2.32. The largest absolute Gasteiger partial charge is 0.480 e. The highest BCUT2D eigenvalue weighted by Crippen LogP contribution is 2.22. The smallest absolute Gasteiger partial charge is 0.322 e. The van der Waals surface area contributed by atoms with Crippen LogP contribution in [0.2, 0.25) is 0 Å². The molecule has 1 aliphatic rings. The zero-order valence-corrected chi connectivity index (χ0v) is 10.5. The molecule has 16 heavy (non-hydrogen) atoms. The Bertz CT molecular complexity index is 350. The first kappa shape index (κ1) is 13.4. The molecule has 0 spiro atoms. The fourth-order valence-corrected chi connectivity index (χ4v) is 4.03. The number of carboxylic acids is 1. The van der Waals surface area contributed by atoms with Crippen LogP contribution in [-0.4, -0.2) is 42.1 Å². The minimum absolute atomic E-state index is 0.0152. The summed E-state index contributed by atoms with van der Waals surface area (Å²) in [6.45, 7) is 3.97. The Balaban J connectivity index is 2.86. The van der Waals surface area contributed by atoms with E-state index in [1.807, 2.05) is 13.8 Å². The van der Waals surface area contributed by atoms with Gasteiger partial charge in [-0.1, -0.05) is 13.8 Å². The first-order valence-electron chi connectivity index (χ1n) is 5.57. The Hall–Kier alpha value is -0.620. The van der Waals surface area contributed by atoms with Crippen molar-refractivity contribution in [1.82, 2.24) is 4.31 Å². The molecular weight excluding hydrogens is 230 g/mol. The molecule has 5 nitrogen and oxygen atoms in total. The Morgan fingerprint density at radius 1 is 1.44 bits per heavy atom. The molecule has 0 bridgehead atoms. The number of piperidine rings is 1. The summed E-state index contributed by atoms with van der Waals surface area (Å²) in [7, 11) is -3.42. The topological polar surface area (TPSA) is 74.7 Å². The molecule has 94 valence electrons. The van der Waals surface area contributed by atoms with E-state index in [-0.39, 0.29) is 11.7 Å². The van der Waals surface area contributed by atoms with Gasteiger partial charge in [-0.25, -0.2) is 8.42 Å². The SMILES string of the molecule is CC(C)CS(=O)(=O)N1CCCCC1C(=O)O. The second kappa shape index (κ2) is 5.14. The van der Waals surface area contributed by atoms with Gasteiger partial charge in [0.05, 0.1) is 5.75 Å². The van der Waals surface area contributed by atoms with Crippen LogP contribution in [0.15, 0.2) is 0 Å². The first-order chi connectivity index (χ1) is 7.34. The second-order valence-electron chi connectivity index (χ2n) is 4.63. The zero-order chi connectivity index (χ0) is 12.3. The third kappa shape index (κ3) is 3.18. The van der Waals surface area contributed by atoms with Gasteiger partial charge in [-0.05, 0) is 25.2 Å². The second-order valence-corrected chi connectivity index (χ2v) is 6.60. The van der Waals surface area contributed by atoms with Crippen molar-refractivity contribution >= 4 is 16.0 Å². The summed E-state index contributed by atoms with van der Waals surface area (Å²) in [5.74, 6) is -0.995. The normalized spacial score (nSPS) is 23.6. The molecule has 6 heteroatoms. The van der Waals surface area contributed by atoms with E-state index < -0.39 is 22.0 Å². The van der Waals surface area contributed by atoms with Gasteiger partial charge in [-0.2, -0.15) is 4.31 Å². The summed E-state index contributed by atoms with van der Waals surface area (Å²) >= 11 is 0. The number of rotatable bonds is 4. The van der Waals surface area contributed by atoms with E-state index in [2.05, 4.69) is 0 Å². The van der Waals surface area contributed by atoms with Crippen molar-refractivity contribution in [3.05, 3.63) is 0 Å². The Morgan fingerprint density at radius 2 is 2.06 bits per heavy atom. The fraction of sp³-hybridized carbons (Fsp3) is 0.900. The monoisotopic (exact) mass is 249 g/mol. The lowest BCUT2D eigenvalue weighted by molar-refractivity contribution is -0.142. The van der Waals surface area contributed by atoms with Gasteiger partial charge < -0.3 is 5.11 Å². The molecule has 0 saturated carbocycles. The van der Waals surface area contributed by atoms with Crippen LogP contribution >= 0.6 is 0 Å². The van der Waals surface area contributed by atoms with Crippen LogP contribution in [0.4, 0.5) is 0 Å². The van der Waals surface area contributed by atoms with Crippen molar-refractivity contribution in [3.63, 3.8) is 0 Å². The standard InChI is InChI=1S/C10H19NO4S/c1-8(2)7-16(14,15)11-6-4-3-5-9(11)10(12)13/h8-9H,3-7H2,1-2H3,(H,12,13). The first-order valence-corrected chi connectivity index (χ1v) is 7.18. The van der Waals surface area contributed by atoms with Gasteiger partial charge in [-0.3, -0.25) is 4.79 Å². The summed E-state index contributed by atoms with van der Waals surface area (Å²) in [5, 5.41) is 9.00. The van der Waals surface area contributed by atoms with Crippen LogP contribution in [0.3, 0.4) is 0 Å². The molecule has 1 saturated heterocycles. The van der Waals surface area contributed by atoms with Crippen molar-refractivity contribution in [2.75, 3.05) is 12.3 Å². The number of nitrogens with zero attached hydrogens (tertiary/aromatic N) is 1. The van der Waals surface area contributed by atoms with Gasteiger partial charge in [0.25, 0.3) is 0 Å². The molecule has 1 aliphatic heterocycles. The molecule has 0 aliphatic carbocycles. The number of hydrogen-bond donors (Lipinski definition) is 1. The van der Waals surface area contributed by atoms with Gasteiger partial charge in [0, 0.05) is 6.54 Å². The van der Waals surface area contributed by atoms with Crippen molar-refractivity contribution in [3.8, 4) is 0 Å². The number of sulfonamides is 1. The van der Waals surface area contributed by atoms with Crippen molar-refractivity contribution in [2.45, 2.75) is 39.2 Å². The van der Waals surface area contributed by atoms with Crippen LogP contribution in [-0.2, 0) is 14.8 Å². The maximum Gasteiger partial charge on any atom is 0.322 e. The number of hydrogen-bond acceptors (Lipinski definition) is 3. The lowest BCUT2D eigenvalue weighted by Crippen LogP contribution is -2.49. The highest BCUT2D eigenvalue weighted by atomic mass is 32.2. The summed E-state index contributed by atoms with van der Waals surface area (Å²) in [5.41, 5.74) is 0. The molecule has 0 aromatic rings. The molecule has 1 heterocycles. The van der Waals surface area contributed by atoms with Gasteiger partial charge in [0.15, 0.2) is 0 Å². The van der Waals surface area contributed by atoms with Crippen LogP contribution in [0, 0.1) is 5.92 Å². The molecule has 0 radical (unpaired) electrons. The number of aliphatic carboxylic acids is 1. The molecule has 1 unspecified atom stereocenters. The highest BCUT2D eigenvalue weighted by Gasteiger charge is 2.36. The summed E-state index contributed by atoms with van der Waals surface area (Å²) in [6.07, 6.45) is 1.96. The average Bonchev–Trinajstić information content (AvgIpc) is 2.15. The molecule has 1 atom stereocenters. The predicted octanol–water partition coefficient (Wildman–Crippen LogP) is 0.911. The van der Waals surface area contributed by atoms with E-state index in [1.165, 1.54) is 4.31 Å². The van der Waals surface area contributed by atoms with E-state index in [9.17, 15) is 13.2 Å². The van der Waals surface area contributed by atoms with Gasteiger partial charge in [-0.15, -0.1) is 0 Å². The Morgan fingerprint density at radius 3 is 2.56 bits per heavy atom. The van der Waals surface area contributed by atoms with Gasteiger partial charge in [0.1, 0.15) is 6.04 Å². The maximum absolute atomic E-state index is 12.0. The molecule has 1 rings (SSSR count). The maximum atomic E-state index is 12.0. The van der Waals surface area contributed by atoms with E-state index in [4.69, 9.17) is 5.11 Å². The van der Waals surface area contributed by atoms with Crippen LogP contribution < -0.4 is 0 Å². The van der Waals surface area contributed by atoms with E-state index >= 15 is 0 Å². The molecule has 1 fully saturated rings. The lowest BCUT2D eigenvalue weighted by atomic mass is 10.1. The summed E-state index contributed by atoms with van der Waals surface area (Å²) < 4.78 is 25.1. The third-order valence-corrected chi connectivity index (χ3v) is 4.88. The van der Waals surface area contributed by atoms with Crippen LogP contribution in [0.25, 0.3) is 0 Å². The Labute approximate surface area is 96.5 Å². The zero-order valence-electron chi connectivity index (χ0n) is 9.72. The highest BCUT2D eigenvalue weighted by molar-refractivity contribution is 7.89. The fourth-order valence-electron chi connectivity index (χ4n) is 2.00. The number of carboxylic acid groups (broad SMARTS) is 1. The van der Waals surface area contributed by atoms with E-state index in [1.54, 1.807) is 0 Å². The van der Waals surface area contributed by atoms with Gasteiger partial charge in [0.2, 0.25) is 10.0 Å². The molecule has 0 amide bonds. The Kier molecular flexibility index (Phi) is 4.32. The minimum Gasteiger partial charge on any atom is -0.480 e. The van der Waals surface area contributed by atoms with E-state index in [0.29, 0.717) is 13.0 Å². The van der Waals surface area contributed by atoms with Crippen LogP contribution in [0.5, 0.6) is 0 Å². The summed E-state index contributed by atoms with van der Waals surface area (Å²) in [6, 6.07) is -0.863.